The first-order valence-corrected chi connectivity index (χ1v) is 7.97. The Morgan fingerprint density at radius 1 is 1.35 bits per heavy atom. The quantitative estimate of drug-likeness (QED) is 0.921. The number of nitrogens with one attached hydrogen (secondary N) is 1. The number of carbonyl (C=O) groups excluding carboxylic acids is 1. The Morgan fingerprint density at radius 3 is 3.05 bits per heavy atom. The van der Waals surface area contributed by atoms with Gasteiger partial charge in [-0.1, -0.05) is 37.6 Å². The molecule has 0 fully saturated rings. The molecule has 1 aromatic carbocycles. The van der Waals surface area contributed by atoms with Gasteiger partial charge >= 0.3 is 0 Å². The fraction of sp³-hybridized carbons (Fsp3) is 0.375. The Kier molecular flexibility index (Phi) is 3.83. The molecule has 2 aromatic rings. The lowest BCUT2D eigenvalue weighted by Gasteiger charge is -2.13. The van der Waals surface area contributed by atoms with Gasteiger partial charge in [-0.05, 0) is 24.8 Å². The summed E-state index contributed by atoms with van der Waals surface area (Å²) in [4.78, 5) is 17.7. The van der Waals surface area contributed by atoms with Gasteiger partial charge in [-0.3, -0.25) is 4.79 Å². The van der Waals surface area contributed by atoms with Crippen LogP contribution in [0.4, 0.5) is 5.13 Å². The molecular weight excluding hydrogens is 268 g/mol. The fourth-order valence-corrected chi connectivity index (χ4v) is 3.51. The number of anilines is 1. The lowest BCUT2D eigenvalue weighted by atomic mass is 9.94. The van der Waals surface area contributed by atoms with Crippen LogP contribution in [-0.2, 0) is 17.6 Å². The predicted molar refractivity (Wildman–Crippen MR) is 83.1 cm³/mol. The van der Waals surface area contributed by atoms with Crippen molar-refractivity contribution in [3.63, 3.8) is 0 Å². The van der Waals surface area contributed by atoms with Gasteiger partial charge in [0.25, 0.3) is 0 Å². The van der Waals surface area contributed by atoms with Gasteiger partial charge in [-0.15, -0.1) is 11.3 Å². The first-order chi connectivity index (χ1) is 9.78. The second kappa shape index (κ2) is 5.75. The monoisotopic (exact) mass is 286 g/mol. The third-order valence-electron chi connectivity index (χ3n) is 3.59. The zero-order valence-electron chi connectivity index (χ0n) is 11.6. The van der Waals surface area contributed by atoms with Crippen LogP contribution in [-0.4, -0.2) is 10.9 Å². The summed E-state index contributed by atoms with van der Waals surface area (Å²) in [7, 11) is 0. The van der Waals surface area contributed by atoms with E-state index in [9.17, 15) is 4.79 Å². The largest absolute Gasteiger partial charge is 0.302 e. The Bertz CT molecular complexity index is 633. The molecule has 1 aliphatic rings. The van der Waals surface area contributed by atoms with E-state index in [1.807, 2.05) is 6.07 Å². The lowest BCUT2D eigenvalue weighted by molar-refractivity contribution is -0.116. The average molecular weight is 286 g/mol. The van der Waals surface area contributed by atoms with Crippen molar-refractivity contribution in [3.8, 4) is 11.3 Å². The highest BCUT2D eigenvalue weighted by Gasteiger charge is 2.20. The number of aromatic nitrogens is 1. The van der Waals surface area contributed by atoms with Gasteiger partial charge in [-0.2, -0.15) is 0 Å². The maximum absolute atomic E-state index is 11.8. The smallest absolute Gasteiger partial charge is 0.226 e. The molecule has 0 unspecified atom stereocenters. The predicted octanol–water partition coefficient (Wildman–Crippen LogP) is 4.04. The van der Waals surface area contributed by atoms with E-state index in [1.165, 1.54) is 16.0 Å². The van der Waals surface area contributed by atoms with Crippen LogP contribution in [0, 0.1) is 0 Å². The van der Waals surface area contributed by atoms with Gasteiger partial charge < -0.3 is 5.32 Å². The Labute approximate surface area is 123 Å². The highest BCUT2D eigenvalue weighted by molar-refractivity contribution is 7.16. The van der Waals surface area contributed by atoms with Gasteiger partial charge in [0.1, 0.15) is 0 Å². The molecule has 1 aromatic heterocycles. The van der Waals surface area contributed by atoms with Crippen molar-refractivity contribution in [1.82, 2.24) is 4.98 Å². The summed E-state index contributed by atoms with van der Waals surface area (Å²) in [6.07, 6.45) is 4.63. The summed E-state index contributed by atoms with van der Waals surface area (Å²) in [6, 6.07) is 8.41. The van der Waals surface area contributed by atoms with E-state index in [4.69, 9.17) is 0 Å². The molecule has 1 amide bonds. The molecule has 0 saturated carbocycles. The zero-order valence-corrected chi connectivity index (χ0v) is 12.4. The van der Waals surface area contributed by atoms with Crippen LogP contribution in [0.25, 0.3) is 11.3 Å². The number of aryl methyl sites for hydroxylation is 2. The first-order valence-electron chi connectivity index (χ1n) is 7.15. The first kappa shape index (κ1) is 13.3. The number of fused-ring (bicyclic) bond motifs is 3. The molecule has 0 bridgehead atoms. The van der Waals surface area contributed by atoms with Crippen molar-refractivity contribution in [2.24, 2.45) is 0 Å². The normalized spacial score (nSPS) is 12.7. The minimum atomic E-state index is 0.0752. The standard InChI is InChI=1S/C16H18N2OS/c1-2-3-8-14(19)17-16-18-15-12-7-5-4-6-11(12)9-10-13(15)20-16/h4-7H,2-3,8-10H2,1H3,(H,17,18,19). The van der Waals surface area contributed by atoms with Crippen LogP contribution in [0.1, 0.15) is 36.6 Å². The molecule has 0 aliphatic heterocycles. The average Bonchev–Trinajstić information content (AvgIpc) is 2.88. The highest BCUT2D eigenvalue weighted by Crippen LogP contribution is 2.37. The van der Waals surface area contributed by atoms with Crippen molar-refractivity contribution in [1.29, 1.82) is 0 Å². The molecule has 3 rings (SSSR count). The van der Waals surface area contributed by atoms with E-state index in [1.54, 1.807) is 11.3 Å². The SMILES string of the molecule is CCCCC(=O)Nc1nc2c(s1)CCc1ccccc1-2. The van der Waals surface area contributed by atoms with Crippen molar-refractivity contribution < 1.29 is 4.79 Å². The van der Waals surface area contributed by atoms with Crippen LogP contribution < -0.4 is 5.32 Å². The number of rotatable bonds is 4. The van der Waals surface area contributed by atoms with Crippen molar-refractivity contribution in [2.75, 3.05) is 5.32 Å². The van der Waals surface area contributed by atoms with Crippen molar-refractivity contribution in [2.45, 2.75) is 39.0 Å². The van der Waals surface area contributed by atoms with Gasteiger partial charge in [0.15, 0.2) is 5.13 Å². The van der Waals surface area contributed by atoms with Crippen LogP contribution in [0.2, 0.25) is 0 Å². The zero-order chi connectivity index (χ0) is 13.9. The number of unbranched alkanes of at least 4 members (excludes halogenated alkanes) is 1. The number of carbonyl (C=O) groups is 1. The second-order valence-electron chi connectivity index (χ2n) is 5.10. The maximum Gasteiger partial charge on any atom is 0.226 e. The summed E-state index contributed by atoms with van der Waals surface area (Å²) in [5.74, 6) is 0.0752. The molecule has 4 heteroatoms. The van der Waals surface area contributed by atoms with Crippen LogP contribution in [0.5, 0.6) is 0 Å². The molecule has 3 nitrogen and oxygen atoms in total. The second-order valence-corrected chi connectivity index (χ2v) is 6.18. The number of thiazole rings is 1. The number of benzene rings is 1. The molecule has 104 valence electrons. The van der Waals surface area contributed by atoms with Gasteiger partial charge in [-0.25, -0.2) is 4.98 Å². The van der Waals surface area contributed by atoms with Gasteiger partial charge in [0.2, 0.25) is 5.91 Å². The number of amides is 1. The Hall–Kier alpha value is -1.68. The molecule has 1 N–H and O–H groups in total. The minimum absolute atomic E-state index is 0.0752. The molecular formula is C16H18N2OS. The van der Waals surface area contributed by atoms with Crippen molar-refractivity contribution >= 4 is 22.4 Å². The maximum atomic E-state index is 11.8. The molecule has 0 spiro atoms. The van der Waals surface area contributed by atoms with E-state index >= 15 is 0 Å². The summed E-state index contributed by atoms with van der Waals surface area (Å²) in [6.45, 7) is 2.09. The van der Waals surface area contributed by atoms with E-state index in [-0.39, 0.29) is 5.91 Å². The summed E-state index contributed by atoms with van der Waals surface area (Å²) in [5.41, 5.74) is 3.64. The van der Waals surface area contributed by atoms with Crippen LogP contribution >= 0.6 is 11.3 Å². The summed E-state index contributed by atoms with van der Waals surface area (Å²) in [5, 5.41) is 3.68. The Balaban J connectivity index is 1.82. The fourth-order valence-electron chi connectivity index (χ4n) is 2.52. The number of hydrogen-bond acceptors (Lipinski definition) is 3. The molecule has 0 atom stereocenters. The number of hydrogen-bond donors (Lipinski definition) is 1. The molecule has 1 heterocycles. The van der Waals surface area contributed by atoms with Crippen molar-refractivity contribution in [3.05, 3.63) is 34.7 Å². The van der Waals surface area contributed by atoms with Gasteiger partial charge in [0, 0.05) is 16.9 Å². The summed E-state index contributed by atoms with van der Waals surface area (Å²) < 4.78 is 0. The highest BCUT2D eigenvalue weighted by atomic mass is 32.1. The third-order valence-corrected chi connectivity index (χ3v) is 4.63. The number of nitrogens with zero attached hydrogens (tertiary/aromatic N) is 1. The molecule has 1 aliphatic carbocycles. The van der Waals surface area contributed by atoms with E-state index in [2.05, 4.69) is 35.4 Å². The molecule has 0 saturated heterocycles. The minimum Gasteiger partial charge on any atom is -0.302 e. The molecule has 0 radical (unpaired) electrons. The van der Waals surface area contributed by atoms with Crippen LogP contribution in [0.3, 0.4) is 0 Å². The van der Waals surface area contributed by atoms with E-state index in [0.29, 0.717) is 6.42 Å². The van der Waals surface area contributed by atoms with Gasteiger partial charge in [0.05, 0.1) is 5.69 Å². The molecule has 20 heavy (non-hydrogen) atoms. The van der Waals surface area contributed by atoms with E-state index < -0.39 is 0 Å². The lowest BCUT2D eigenvalue weighted by Crippen LogP contribution is -2.10. The van der Waals surface area contributed by atoms with E-state index in [0.717, 1.165) is 36.5 Å². The topological polar surface area (TPSA) is 42.0 Å². The summed E-state index contributed by atoms with van der Waals surface area (Å²) >= 11 is 1.62. The van der Waals surface area contributed by atoms with Crippen LogP contribution in [0.15, 0.2) is 24.3 Å². The third kappa shape index (κ3) is 2.61. The Morgan fingerprint density at radius 2 is 2.20 bits per heavy atom.